The monoisotopic (exact) mass is 342 g/mol. The van der Waals surface area contributed by atoms with Gasteiger partial charge in [0.05, 0.1) is 0 Å². The number of benzene rings is 1. The van der Waals surface area contributed by atoms with Crippen molar-refractivity contribution in [2.45, 2.75) is 44.8 Å². The fraction of sp³-hybridized carbons (Fsp3) is 0.562. The van der Waals surface area contributed by atoms with Gasteiger partial charge in [0.2, 0.25) is 0 Å². The fourth-order valence-corrected chi connectivity index (χ4v) is 3.86. The van der Waals surface area contributed by atoms with Gasteiger partial charge in [0.1, 0.15) is 0 Å². The van der Waals surface area contributed by atoms with Crippen molar-refractivity contribution in [3.8, 4) is 0 Å². The third-order valence-electron chi connectivity index (χ3n) is 3.24. The van der Waals surface area contributed by atoms with E-state index in [1.54, 1.807) is 0 Å². The van der Waals surface area contributed by atoms with Gasteiger partial charge < -0.3 is 0 Å². The standard InChI is InChI=1S/C16H22O3Se/c17-15(20-14-8-4-3-5-9-14)10-6-1-2-7-11-16-18-12-13-19-16/h3-5,8-9,16H,1-2,6-7,10-13H2. The Morgan fingerprint density at radius 1 is 1.05 bits per heavy atom. The van der Waals surface area contributed by atoms with Crippen molar-refractivity contribution in [3.05, 3.63) is 30.3 Å². The molecule has 0 saturated carbocycles. The third-order valence-corrected chi connectivity index (χ3v) is 5.21. The van der Waals surface area contributed by atoms with Gasteiger partial charge in [-0.2, -0.15) is 0 Å². The summed E-state index contributed by atoms with van der Waals surface area (Å²) in [6.07, 6.45) is 6.17. The Balaban J connectivity index is 1.47. The molecule has 1 fully saturated rings. The molecule has 1 aromatic carbocycles. The van der Waals surface area contributed by atoms with Crippen LogP contribution < -0.4 is 4.46 Å². The second kappa shape index (κ2) is 9.30. The first-order valence-corrected chi connectivity index (χ1v) is 9.05. The van der Waals surface area contributed by atoms with E-state index in [-0.39, 0.29) is 21.2 Å². The van der Waals surface area contributed by atoms with Gasteiger partial charge in [-0.3, -0.25) is 0 Å². The van der Waals surface area contributed by atoms with E-state index in [9.17, 15) is 4.79 Å². The first-order valence-electron chi connectivity index (χ1n) is 7.33. The fourth-order valence-electron chi connectivity index (χ4n) is 2.18. The maximum absolute atomic E-state index is 11.8. The van der Waals surface area contributed by atoms with E-state index in [4.69, 9.17) is 9.47 Å². The number of carbonyl (C=O) groups is 1. The zero-order valence-electron chi connectivity index (χ0n) is 11.8. The summed E-state index contributed by atoms with van der Waals surface area (Å²) in [5, 5.41) is 0. The van der Waals surface area contributed by atoms with E-state index in [1.165, 1.54) is 4.46 Å². The zero-order valence-corrected chi connectivity index (χ0v) is 13.5. The zero-order chi connectivity index (χ0) is 14.0. The second-order valence-corrected chi connectivity index (χ2v) is 7.28. The van der Waals surface area contributed by atoms with Gasteiger partial charge in [-0.1, -0.05) is 0 Å². The summed E-state index contributed by atoms with van der Waals surface area (Å²) in [7, 11) is 0. The Morgan fingerprint density at radius 3 is 2.50 bits per heavy atom. The van der Waals surface area contributed by atoms with E-state index in [1.807, 2.05) is 30.3 Å². The van der Waals surface area contributed by atoms with Gasteiger partial charge in [0, 0.05) is 0 Å². The molecule has 4 heteroatoms. The van der Waals surface area contributed by atoms with Crippen LogP contribution >= 0.6 is 0 Å². The predicted molar refractivity (Wildman–Crippen MR) is 80.2 cm³/mol. The Morgan fingerprint density at radius 2 is 1.75 bits per heavy atom. The Hall–Kier alpha value is -0.671. The van der Waals surface area contributed by atoms with Crippen LogP contribution in [0.1, 0.15) is 38.5 Å². The van der Waals surface area contributed by atoms with Gasteiger partial charge in [0.25, 0.3) is 0 Å². The number of rotatable bonds is 9. The predicted octanol–water partition coefficient (Wildman–Crippen LogP) is 2.26. The van der Waals surface area contributed by atoms with Crippen molar-refractivity contribution in [1.29, 1.82) is 0 Å². The quantitative estimate of drug-likeness (QED) is 0.511. The van der Waals surface area contributed by atoms with Crippen LogP contribution in [0.2, 0.25) is 0 Å². The summed E-state index contributed by atoms with van der Waals surface area (Å²) in [5.41, 5.74) is 0. The minimum atomic E-state index is -0.00716. The number of unbranched alkanes of at least 4 members (excludes halogenated alkanes) is 3. The average Bonchev–Trinajstić information content (AvgIpc) is 2.97. The van der Waals surface area contributed by atoms with Gasteiger partial charge in [-0.05, 0) is 0 Å². The van der Waals surface area contributed by atoms with Crippen molar-refractivity contribution in [2.75, 3.05) is 13.2 Å². The molecule has 1 aliphatic rings. The molecule has 0 spiro atoms. The molecule has 0 aromatic heterocycles. The number of hydrogen-bond acceptors (Lipinski definition) is 3. The van der Waals surface area contributed by atoms with Crippen LogP contribution in [0.5, 0.6) is 0 Å². The molecule has 1 saturated heterocycles. The van der Waals surface area contributed by atoms with Crippen molar-refractivity contribution in [2.24, 2.45) is 0 Å². The molecule has 0 amide bonds. The normalized spacial score (nSPS) is 15.6. The van der Waals surface area contributed by atoms with Crippen molar-refractivity contribution < 1.29 is 14.3 Å². The SMILES string of the molecule is O=C(CCCCCCC1OCCO1)[Se]c1ccccc1. The van der Waals surface area contributed by atoms with E-state index >= 15 is 0 Å². The molecule has 0 unspecified atom stereocenters. The van der Waals surface area contributed by atoms with Gasteiger partial charge in [-0.15, -0.1) is 0 Å². The molecule has 0 bridgehead atoms. The molecule has 0 aliphatic carbocycles. The topological polar surface area (TPSA) is 35.5 Å². The van der Waals surface area contributed by atoms with E-state index in [2.05, 4.69) is 0 Å². The summed E-state index contributed by atoms with van der Waals surface area (Å²) in [6.45, 7) is 1.47. The molecule has 1 heterocycles. The Kier molecular flexibility index (Phi) is 7.31. The number of ether oxygens (including phenoxy) is 2. The van der Waals surface area contributed by atoms with Gasteiger partial charge in [-0.25, -0.2) is 0 Å². The number of carbonyl (C=O) groups excluding carboxylic acids is 1. The minimum absolute atomic E-state index is 0.00716. The van der Waals surface area contributed by atoms with Crippen LogP contribution in [0.3, 0.4) is 0 Å². The average molecular weight is 341 g/mol. The molecule has 1 aliphatic heterocycles. The molecule has 110 valence electrons. The maximum atomic E-state index is 11.8. The van der Waals surface area contributed by atoms with E-state index in [0.717, 1.165) is 51.7 Å². The third kappa shape index (κ3) is 6.19. The van der Waals surface area contributed by atoms with Crippen LogP contribution in [0, 0.1) is 0 Å². The molecule has 20 heavy (non-hydrogen) atoms. The molecule has 0 atom stereocenters. The van der Waals surface area contributed by atoms with E-state index < -0.39 is 0 Å². The molecule has 0 N–H and O–H groups in total. The van der Waals surface area contributed by atoms with Crippen molar-refractivity contribution in [3.63, 3.8) is 0 Å². The summed E-state index contributed by atoms with van der Waals surface area (Å²) in [4.78, 5) is 11.8. The van der Waals surface area contributed by atoms with Crippen LogP contribution in [0.15, 0.2) is 30.3 Å². The Bertz CT molecular complexity index is 388. The van der Waals surface area contributed by atoms with Crippen LogP contribution in [0.25, 0.3) is 0 Å². The molecule has 2 rings (SSSR count). The van der Waals surface area contributed by atoms with E-state index in [0.29, 0.717) is 4.68 Å². The summed E-state index contributed by atoms with van der Waals surface area (Å²) < 4.78 is 12.4. The van der Waals surface area contributed by atoms with Crippen molar-refractivity contribution in [1.82, 2.24) is 0 Å². The number of hydrogen-bond donors (Lipinski definition) is 0. The van der Waals surface area contributed by atoms with Crippen molar-refractivity contribution >= 4 is 24.1 Å². The summed E-state index contributed by atoms with van der Waals surface area (Å²) in [6, 6.07) is 10.1. The van der Waals surface area contributed by atoms with Gasteiger partial charge in [0.15, 0.2) is 0 Å². The van der Waals surface area contributed by atoms with Crippen LogP contribution in [0.4, 0.5) is 0 Å². The molecule has 1 aromatic rings. The van der Waals surface area contributed by atoms with Gasteiger partial charge >= 0.3 is 127 Å². The summed E-state index contributed by atoms with van der Waals surface area (Å²) in [5.74, 6) is 0. The second-order valence-electron chi connectivity index (χ2n) is 4.91. The molecular formula is C16H22O3Se. The first kappa shape index (κ1) is 15.7. The van der Waals surface area contributed by atoms with Crippen LogP contribution in [-0.4, -0.2) is 39.1 Å². The first-order chi connectivity index (χ1) is 9.84. The van der Waals surface area contributed by atoms with Crippen LogP contribution in [-0.2, 0) is 14.3 Å². The Labute approximate surface area is 127 Å². The molecule has 3 nitrogen and oxygen atoms in total. The molecule has 0 radical (unpaired) electrons. The molecular weight excluding hydrogens is 319 g/mol. The summed E-state index contributed by atoms with van der Waals surface area (Å²) >= 11 is -0.00716.